The van der Waals surface area contributed by atoms with Crippen LogP contribution in [0, 0.1) is 5.82 Å². The van der Waals surface area contributed by atoms with Gasteiger partial charge in [0, 0.05) is 25.6 Å². The normalized spacial score (nSPS) is 20.0. The number of nitrogens with one attached hydrogen (secondary N) is 1. The number of sulfonamides is 1. The number of hydrogen-bond acceptors (Lipinski definition) is 3. The molecule has 3 rings (SSSR count). The Morgan fingerprint density at radius 3 is 2.74 bits per heavy atom. The number of hydrogen-bond donors (Lipinski definition) is 1. The van der Waals surface area contributed by atoms with Crippen LogP contribution in [-0.2, 0) is 21.2 Å². The lowest BCUT2D eigenvalue weighted by molar-refractivity contribution is -0.129. The first-order valence-electron chi connectivity index (χ1n) is 7.98. The molecule has 5 nitrogen and oxygen atoms in total. The van der Waals surface area contributed by atoms with Crippen molar-refractivity contribution in [2.45, 2.75) is 43.4 Å². The van der Waals surface area contributed by atoms with Gasteiger partial charge in [0.1, 0.15) is 5.82 Å². The highest BCUT2D eigenvalue weighted by Gasteiger charge is 2.37. The molecule has 1 aromatic rings. The van der Waals surface area contributed by atoms with E-state index >= 15 is 0 Å². The third-order valence-corrected chi connectivity index (χ3v) is 6.31. The second-order valence-corrected chi connectivity index (χ2v) is 8.32. The summed E-state index contributed by atoms with van der Waals surface area (Å²) in [6.45, 7) is 0.811. The predicted octanol–water partition coefficient (Wildman–Crippen LogP) is 1.44. The number of carbonyl (C=O) groups excluding carboxylic acids is 1. The molecule has 1 unspecified atom stereocenters. The quantitative estimate of drug-likeness (QED) is 0.817. The largest absolute Gasteiger partial charge is 0.338 e. The summed E-state index contributed by atoms with van der Waals surface area (Å²) in [5.74, 6) is -0.287. The van der Waals surface area contributed by atoms with Gasteiger partial charge < -0.3 is 4.90 Å². The van der Waals surface area contributed by atoms with Crippen LogP contribution in [0.15, 0.2) is 24.3 Å². The summed E-state index contributed by atoms with van der Waals surface area (Å²) >= 11 is 0. The Labute approximate surface area is 135 Å². The number of halogens is 1. The Balaban J connectivity index is 1.72. The Hall–Kier alpha value is -1.47. The molecule has 1 atom stereocenters. The van der Waals surface area contributed by atoms with Gasteiger partial charge in [-0.1, -0.05) is 12.1 Å². The number of nitrogens with zero attached hydrogens (tertiary/aromatic N) is 1. The molecule has 1 heterocycles. The summed E-state index contributed by atoms with van der Waals surface area (Å²) in [4.78, 5) is 13.7. The van der Waals surface area contributed by atoms with Crippen LogP contribution in [0.25, 0.3) is 0 Å². The summed E-state index contributed by atoms with van der Waals surface area (Å²) in [6.07, 6.45) is 3.12. The van der Waals surface area contributed by atoms with E-state index in [1.54, 1.807) is 17.0 Å². The van der Waals surface area contributed by atoms with Crippen LogP contribution in [-0.4, -0.2) is 43.6 Å². The maximum absolute atomic E-state index is 13.4. The van der Waals surface area contributed by atoms with E-state index in [4.69, 9.17) is 0 Å². The van der Waals surface area contributed by atoms with Gasteiger partial charge in [0.2, 0.25) is 15.9 Å². The van der Waals surface area contributed by atoms with E-state index in [9.17, 15) is 17.6 Å². The Bertz CT molecular complexity index is 688. The summed E-state index contributed by atoms with van der Waals surface area (Å²) in [5.41, 5.74) is 0.764. The van der Waals surface area contributed by atoms with Gasteiger partial charge in [0.25, 0.3) is 0 Å². The van der Waals surface area contributed by atoms with Crippen LogP contribution < -0.4 is 4.72 Å². The minimum Gasteiger partial charge on any atom is -0.338 e. The van der Waals surface area contributed by atoms with Crippen molar-refractivity contribution in [3.8, 4) is 0 Å². The van der Waals surface area contributed by atoms with Gasteiger partial charge in [0.05, 0.1) is 5.25 Å². The smallest absolute Gasteiger partial charge is 0.222 e. The third kappa shape index (κ3) is 4.09. The lowest BCUT2D eigenvalue weighted by atomic mass is 10.0. The topological polar surface area (TPSA) is 66.5 Å². The fraction of sp³-hybridized carbons (Fsp3) is 0.562. The molecule has 0 bridgehead atoms. The Morgan fingerprint density at radius 2 is 2.13 bits per heavy atom. The highest BCUT2D eigenvalue weighted by Crippen LogP contribution is 2.27. The summed E-state index contributed by atoms with van der Waals surface area (Å²) in [7, 11) is -3.29. The lowest BCUT2D eigenvalue weighted by Crippen LogP contribution is -2.46. The molecule has 0 aromatic heterocycles. The van der Waals surface area contributed by atoms with Crippen molar-refractivity contribution in [2.75, 3.05) is 13.1 Å². The number of likely N-dealkylation sites (tertiary alicyclic amines) is 1. The molecule has 23 heavy (non-hydrogen) atoms. The fourth-order valence-electron chi connectivity index (χ4n) is 2.99. The predicted molar refractivity (Wildman–Crippen MR) is 84.8 cm³/mol. The number of rotatable bonds is 7. The van der Waals surface area contributed by atoms with E-state index in [0.717, 1.165) is 12.0 Å². The van der Waals surface area contributed by atoms with Gasteiger partial charge in [-0.05, 0) is 43.4 Å². The molecule has 0 radical (unpaired) electrons. The van der Waals surface area contributed by atoms with Crippen molar-refractivity contribution in [3.63, 3.8) is 0 Å². The van der Waals surface area contributed by atoms with E-state index in [0.29, 0.717) is 32.2 Å². The molecule has 1 saturated heterocycles. The molecule has 1 amide bonds. The van der Waals surface area contributed by atoms with Crippen molar-refractivity contribution < 1.29 is 17.6 Å². The van der Waals surface area contributed by atoms with E-state index < -0.39 is 10.0 Å². The monoisotopic (exact) mass is 340 g/mol. The van der Waals surface area contributed by atoms with E-state index in [2.05, 4.69) is 4.72 Å². The van der Waals surface area contributed by atoms with E-state index in [1.165, 1.54) is 12.1 Å². The zero-order chi connectivity index (χ0) is 16.4. The number of benzene rings is 1. The fourth-order valence-corrected chi connectivity index (χ4v) is 4.41. The SMILES string of the molecule is O=C1CCCN1C(CNS(=O)(=O)C1CC1)Cc1cccc(F)c1. The molecule has 1 N–H and O–H groups in total. The van der Waals surface area contributed by atoms with E-state index in [1.807, 2.05) is 0 Å². The molecule has 7 heteroatoms. The molecule has 2 fully saturated rings. The van der Waals surface area contributed by atoms with Crippen LogP contribution >= 0.6 is 0 Å². The molecule has 0 spiro atoms. The van der Waals surface area contributed by atoms with Gasteiger partial charge in [-0.15, -0.1) is 0 Å². The van der Waals surface area contributed by atoms with Gasteiger partial charge >= 0.3 is 0 Å². The molecular formula is C16H21FN2O3S. The summed E-state index contributed by atoms with van der Waals surface area (Å²) in [6, 6.07) is 5.95. The van der Waals surface area contributed by atoms with Crippen LogP contribution in [0.4, 0.5) is 4.39 Å². The molecule has 1 saturated carbocycles. The second kappa shape index (κ2) is 6.57. The van der Waals surface area contributed by atoms with Crippen molar-refractivity contribution in [3.05, 3.63) is 35.6 Å². The number of carbonyl (C=O) groups is 1. The minimum atomic E-state index is -3.29. The van der Waals surface area contributed by atoms with Crippen molar-refractivity contribution >= 4 is 15.9 Å². The first-order chi connectivity index (χ1) is 11.0. The maximum atomic E-state index is 13.4. The third-order valence-electron chi connectivity index (χ3n) is 4.39. The first kappa shape index (κ1) is 16.4. The van der Waals surface area contributed by atoms with Gasteiger partial charge in [-0.3, -0.25) is 4.79 Å². The average Bonchev–Trinajstić information content (AvgIpc) is 3.27. The van der Waals surface area contributed by atoms with Crippen LogP contribution in [0.1, 0.15) is 31.2 Å². The Morgan fingerprint density at radius 1 is 1.35 bits per heavy atom. The van der Waals surface area contributed by atoms with Crippen molar-refractivity contribution in [2.24, 2.45) is 0 Å². The van der Waals surface area contributed by atoms with Crippen LogP contribution in [0.5, 0.6) is 0 Å². The Kier molecular flexibility index (Phi) is 4.68. The van der Waals surface area contributed by atoms with Crippen molar-refractivity contribution in [1.82, 2.24) is 9.62 Å². The molecular weight excluding hydrogens is 319 g/mol. The van der Waals surface area contributed by atoms with Crippen molar-refractivity contribution in [1.29, 1.82) is 0 Å². The maximum Gasteiger partial charge on any atom is 0.222 e. The van der Waals surface area contributed by atoms with E-state index in [-0.39, 0.29) is 29.6 Å². The standard InChI is InChI=1S/C16H21FN2O3S/c17-13-4-1-3-12(9-13)10-14(19-8-2-5-16(19)20)11-18-23(21,22)15-6-7-15/h1,3-4,9,14-15,18H,2,5-8,10-11H2. The lowest BCUT2D eigenvalue weighted by Gasteiger charge is -2.28. The van der Waals surface area contributed by atoms with Gasteiger partial charge in [0.15, 0.2) is 0 Å². The highest BCUT2D eigenvalue weighted by molar-refractivity contribution is 7.90. The van der Waals surface area contributed by atoms with Crippen LogP contribution in [0.2, 0.25) is 0 Å². The first-order valence-corrected chi connectivity index (χ1v) is 9.53. The molecule has 1 aromatic carbocycles. The molecule has 1 aliphatic carbocycles. The second-order valence-electron chi connectivity index (χ2n) is 6.27. The average molecular weight is 340 g/mol. The molecule has 126 valence electrons. The molecule has 1 aliphatic heterocycles. The summed E-state index contributed by atoms with van der Waals surface area (Å²) < 4.78 is 40.1. The zero-order valence-electron chi connectivity index (χ0n) is 12.9. The highest BCUT2D eigenvalue weighted by atomic mass is 32.2. The van der Waals surface area contributed by atoms with Crippen LogP contribution in [0.3, 0.4) is 0 Å². The van der Waals surface area contributed by atoms with Gasteiger partial charge in [-0.25, -0.2) is 17.5 Å². The zero-order valence-corrected chi connectivity index (χ0v) is 13.7. The number of amides is 1. The minimum absolute atomic E-state index is 0.0389. The van der Waals surface area contributed by atoms with Gasteiger partial charge in [-0.2, -0.15) is 0 Å². The summed E-state index contributed by atoms with van der Waals surface area (Å²) in [5, 5.41) is -0.286. The molecule has 2 aliphatic rings.